The molecule has 0 saturated heterocycles. The minimum atomic E-state index is -1.12. The van der Waals surface area contributed by atoms with Crippen molar-refractivity contribution in [3.05, 3.63) is 0 Å². The van der Waals surface area contributed by atoms with E-state index >= 15 is 0 Å². The fourth-order valence-corrected chi connectivity index (χ4v) is 2.20. The van der Waals surface area contributed by atoms with Gasteiger partial charge >= 0.3 is 23.9 Å². The van der Waals surface area contributed by atoms with Crippen molar-refractivity contribution in [3.8, 4) is 0 Å². The third-order valence-electron chi connectivity index (χ3n) is 3.80. The van der Waals surface area contributed by atoms with Crippen LogP contribution in [0.25, 0.3) is 0 Å². The Morgan fingerprint density at radius 1 is 0.759 bits per heavy atom. The van der Waals surface area contributed by atoms with Gasteiger partial charge in [-0.15, -0.1) is 0 Å². The minimum absolute atomic E-state index is 0.00344. The lowest BCUT2D eigenvalue weighted by Crippen LogP contribution is -2.51. The molecule has 2 atom stereocenters. The van der Waals surface area contributed by atoms with E-state index in [1.165, 1.54) is 7.11 Å². The lowest BCUT2D eigenvalue weighted by molar-refractivity contribution is -0.144. The van der Waals surface area contributed by atoms with Gasteiger partial charge < -0.3 is 35.5 Å². The van der Waals surface area contributed by atoms with Crippen LogP contribution in [-0.2, 0) is 33.4 Å². The maximum atomic E-state index is 12.2. The van der Waals surface area contributed by atoms with Gasteiger partial charge in [-0.2, -0.15) is 0 Å². The Morgan fingerprint density at radius 2 is 1.28 bits per heavy atom. The zero-order chi connectivity index (χ0) is 22.2. The van der Waals surface area contributed by atoms with Crippen LogP contribution >= 0.6 is 0 Å². The van der Waals surface area contributed by atoms with Gasteiger partial charge in [-0.1, -0.05) is 0 Å². The van der Waals surface area contributed by atoms with Crippen LogP contribution in [0.5, 0.6) is 0 Å². The molecule has 0 aromatic heterocycles. The van der Waals surface area contributed by atoms with Gasteiger partial charge in [-0.05, 0) is 19.9 Å². The third kappa shape index (κ3) is 11.5. The Kier molecular flexibility index (Phi) is 13.6. The third-order valence-corrected chi connectivity index (χ3v) is 3.80. The molecule has 0 aliphatic heterocycles. The molecule has 0 rings (SSSR count). The van der Waals surface area contributed by atoms with E-state index in [4.69, 9.17) is 0 Å². The number of methoxy groups -OCH3 is 3. The fourth-order valence-electron chi connectivity index (χ4n) is 2.20. The van der Waals surface area contributed by atoms with Gasteiger partial charge in [0.25, 0.3) is 0 Å². The van der Waals surface area contributed by atoms with Crippen LogP contribution in [0.3, 0.4) is 0 Å². The van der Waals surface area contributed by atoms with Crippen molar-refractivity contribution in [2.24, 2.45) is 0 Å². The molecule has 0 heterocycles. The second-order valence-corrected chi connectivity index (χ2v) is 5.88. The molecule has 12 nitrogen and oxygen atoms in total. The molecule has 0 fully saturated rings. The van der Waals surface area contributed by atoms with Crippen LogP contribution in [0.1, 0.15) is 25.7 Å². The Morgan fingerprint density at radius 3 is 1.72 bits per heavy atom. The lowest BCUT2D eigenvalue weighted by atomic mass is 10.1. The highest BCUT2D eigenvalue weighted by molar-refractivity contribution is 5.87. The van der Waals surface area contributed by atoms with Gasteiger partial charge in [0.05, 0.1) is 21.3 Å². The van der Waals surface area contributed by atoms with E-state index in [0.29, 0.717) is 13.1 Å². The predicted molar refractivity (Wildman–Crippen MR) is 101 cm³/mol. The summed E-state index contributed by atoms with van der Waals surface area (Å²) < 4.78 is 13.7. The van der Waals surface area contributed by atoms with Gasteiger partial charge in [-0.25, -0.2) is 14.4 Å². The van der Waals surface area contributed by atoms with E-state index in [9.17, 15) is 24.0 Å². The number of rotatable bonds is 13. The molecule has 0 spiro atoms. The first kappa shape index (κ1) is 26.1. The standard InChI is InChI=1S/C17H30N4O8/c1-18-9-10-19-13(22)7-5-11(15(24)28-3)20-17(26)21-12(16(25)29-4)6-8-14(23)27-2/h11-12,18H,5-10H2,1-4H3,(H,19,22)(H2,20,21,26). The molecule has 0 aromatic rings. The molecule has 0 aliphatic rings. The topological polar surface area (TPSA) is 161 Å². The zero-order valence-electron chi connectivity index (χ0n) is 17.2. The molecule has 0 aliphatic carbocycles. The van der Waals surface area contributed by atoms with Gasteiger partial charge in [-0.3, -0.25) is 9.59 Å². The summed E-state index contributed by atoms with van der Waals surface area (Å²) in [6, 6.07) is -3.08. The number of nitrogens with one attached hydrogen (secondary N) is 4. The van der Waals surface area contributed by atoms with E-state index in [-0.39, 0.29) is 31.6 Å². The van der Waals surface area contributed by atoms with Gasteiger partial charge in [0.2, 0.25) is 5.91 Å². The zero-order valence-corrected chi connectivity index (χ0v) is 17.2. The van der Waals surface area contributed by atoms with Crippen LogP contribution in [0.2, 0.25) is 0 Å². The summed E-state index contributed by atoms with van der Waals surface area (Å²) in [4.78, 5) is 58.9. The molecule has 2 unspecified atom stereocenters. The van der Waals surface area contributed by atoms with E-state index < -0.39 is 36.0 Å². The summed E-state index contributed by atoms with van der Waals surface area (Å²) in [7, 11) is 5.23. The fraction of sp³-hybridized carbons (Fsp3) is 0.706. The van der Waals surface area contributed by atoms with E-state index in [2.05, 4.69) is 35.5 Å². The molecule has 29 heavy (non-hydrogen) atoms. The van der Waals surface area contributed by atoms with E-state index in [1.807, 2.05) is 0 Å². The number of likely N-dealkylation sites (N-methyl/N-ethyl adjacent to an activating group) is 1. The quantitative estimate of drug-likeness (QED) is 0.157. The average Bonchev–Trinajstić information content (AvgIpc) is 2.72. The Bertz CT molecular complexity index is 570. The van der Waals surface area contributed by atoms with E-state index in [0.717, 1.165) is 14.2 Å². The first-order valence-electron chi connectivity index (χ1n) is 8.99. The SMILES string of the molecule is CNCCNC(=O)CCC(NC(=O)NC(CCC(=O)OC)C(=O)OC)C(=O)OC. The molecule has 0 radical (unpaired) electrons. The molecular weight excluding hydrogens is 388 g/mol. The van der Waals surface area contributed by atoms with Crippen molar-refractivity contribution in [1.82, 2.24) is 21.3 Å². The average molecular weight is 418 g/mol. The Balaban J connectivity index is 4.79. The minimum Gasteiger partial charge on any atom is -0.469 e. The summed E-state index contributed by atoms with van der Waals surface area (Å²) in [5.74, 6) is -2.35. The summed E-state index contributed by atoms with van der Waals surface area (Å²) in [5, 5.41) is 10.2. The second-order valence-electron chi connectivity index (χ2n) is 5.88. The maximum absolute atomic E-state index is 12.2. The summed E-state index contributed by atoms with van der Waals surface area (Å²) in [6.45, 7) is 1.01. The molecule has 0 bridgehead atoms. The van der Waals surface area contributed by atoms with Gasteiger partial charge in [0.15, 0.2) is 0 Å². The Labute approximate surface area is 169 Å². The molecule has 12 heteroatoms. The number of esters is 3. The van der Waals surface area contributed by atoms with E-state index in [1.54, 1.807) is 7.05 Å². The highest BCUT2D eigenvalue weighted by Crippen LogP contribution is 2.03. The van der Waals surface area contributed by atoms with Crippen LogP contribution in [0, 0.1) is 0 Å². The number of hydrogen-bond donors (Lipinski definition) is 4. The molecule has 4 N–H and O–H groups in total. The number of urea groups is 1. The molecule has 0 saturated carbocycles. The lowest BCUT2D eigenvalue weighted by Gasteiger charge is -2.20. The normalized spacial score (nSPS) is 12.1. The predicted octanol–water partition coefficient (Wildman–Crippen LogP) is -1.56. The molecular formula is C17H30N4O8. The highest BCUT2D eigenvalue weighted by Gasteiger charge is 2.26. The summed E-state index contributed by atoms with van der Waals surface area (Å²) >= 11 is 0. The Hall–Kier alpha value is -2.89. The summed E-state index contributed by atoms with van der Waals surface area (Å²) in [5.41, 5.74) is 0. The second kappa shape index (κ2) is 15.1. The smallest absolute Gasteiger partial charge is 0.328 e. The first-order chi connectivity index (χ1) is 13.8. The first-order valence-corrected chi connectivity index (χ1v) is 8.99. The maximum Gasteiger partial charge on any atom is 0.328 e. The van der Waals surface area contributed by atoms with Crippen molar-refractivity contribution >= 4 is 29.8 Å². The van der Waals surface area contributed by atoms with Crippen molar-refractivity contribution in [1.29, 1.82) is 0 Å². The monoisotopic (exact) mass is 418 g/mol. The number of hydrogen-bond acceptors (Lipinski definition) is 9. The van der Waals surface area contributed by atoms with Crippen molar-refractivity contribution in [3.63, 3.8) is 0 Å². The van der Waals surface area contributed by atoms with Gasteiger partial charge in [0.1, 0.15) is 12.1 Å². The molecule has 0 aromatic carbocycles. The number of carbonyl (C=O) groups excluding carboxylic acids is 5. The van der Waals surface area contributed by atoms with Crippen LogP contribution in [-0.4, -0.2) is 83.4 Å². The number of carbonyl (C=O) groups is 5. The molecule has 166 valence electrons. The number of ether oxygens (including phenoxy) is 3. The van der Waals surface area contributed by atoms with Crippen LogP contribution in [0.4, 0.5) is 4.79 Å². The largest absolute Gasteiger partial charge is 0.469 e. The van der Waals surface area contributed by atoms with Crippen molar-refractivity contribution in [2.75, 3.05) is 41.5 Å². The van der Waals surface area contributed by atoms with Crippen molar-refractivity contribution < 1.29 is 38.2 Å². The van der Waals surface area contributed by atoms with Crippen LogP contribution < -0.4 is 21.3 Å². The van der Waals surface area contributed by atoms with Crippen LogP contribution in [0.15, 0.2) is 0 Å². The molecule has 3 amide bonds. The van der Waals surface area contributed by atoms with Crippen molar-refractivity contribution in [2.45, 2.75) is 37.8 Å². The highest BCUT2D eigenvalue weighted by atomic mass is 16.5. The van der Waals surface area contributed by atoms with Gasteiger partial charge in [0, 0.05) is 25.9 Å². The summed E-state index contributed by atoms with van der Waals surface area (Å²) in [6.07, 6.45) is -0.198. The number of amides is 3.